The fourth-order valence-corrected chi connectivity index (χ4v) is 3.44. The van der Waals surface area contributed by atoms with Crippen LogP contribution in [-0.4, -0.2) is 15.5 Å². The molecule has 0 radical (unpaired) electrons. The zero-order valence-corrected chi connectivity index (χ0v) is 17.7. The topological polar surface area (TPSA) is 44.1 Å². The van der Waals surface area contributed by atoms with Crippen molar-refractivity contribution in [3.05, 3.63) is 99.8 Å². The highest BCUT2D eigenvalue weighted by Gasteiger charge is 2.15. The van der Waals surface area contributed by atoms with E-state index in [0.717, 1.165) is 23.1 Å². The van der Waals surface area contributed by atoms with Gasteiger partial charge in [-0.15, -0.1) is 0 Å². The van der Waals surface area contributed by atoms with Gasteiger partial charge in [0.15, 0.2) is 0 Å². The third kappa shape index (κ3) is 4.25. The van der Waals surface area contributed by atoms with Crippen molar-refractivity contribution in [2.45, 2.75) is 13.5 Å². The van der Waals surface area contributed by atoms with Crippen molar-refractivity contribution in [3.8, 4) is 0 Å². The molecule has 0 aliphatic heterocycles. The standard InChI is InChI=1S/C24H18Cl2N2O2/c1-2-28-21-6-4-3-5-20(21)27-23(28)15-22(16-7-11-18(25)12-8-16)30-24(29)17-9-13-19(26)14-10-17/h3-15H,2H2,1H3/b22-15+. The SMILES string of the molecule is CCn1c(/C=C(/OC(=O)c2ccc(Cl)cc2)c2ccc(Cl)cc2)nc2ccccc21. The van der Waals surface area contributed by atoms with Crippen LogP contribution in [0.15, 0.2) is 72.8 Å². The van der Waals surface area contributed by atoms with E-state index in [1.165, 1.54) is 0 Å². The molecule has 0 saturated heterocycles. The van der Waals surface area contributed by atoms with Gasteiger partial charge in [-0.05, 0) is 67.6 Å². The number of carbonyl (C=O) groups excluding carboxylic acids is 1. The number of aromatic nitrogens is 2. The summed E-state index contributed by atoms with van der Waals surface area (Å²) in [6.45, 7) is 2.78. The van der Waals surface area contributed by atoms with E-state index in [9.17, 15) is 4.79 Å². The van der Waals surface area contributed by atoms with Gasteiger partial charge in [0, 0.05) is 28.2 Å². The van der Waals surface area contributed by atoms with Crippen LogP contribution in [0.25, 0.3) is 22.9 Å². The number of hydrogen-bond acceptors (Lipinski definition) is 3. The molecule has 0 amide bonds. The highest BCUT2D eigenvalue weighted by atomic mass is 35.5. The second-order valence-corrected chi connectivity index (χ2v) is 7.49. The number of imidazole rings is 1. The summed E-state index contributed by atoms with van der Waals surface area (Å²) in [5.74, 6) is 0.608. The summed E-state index contributed by atoms with van der Waals surface area (Å²) >= 11 is 12.0. The molecular formula is C24H18Cl2N2O2. The lowest BCUT2D eigenvalue weighted by Crippen LogP contribution is -2.06. The number of para-hydroxylation sites is 2. The summed E-state index contributed by atoms with van der Waals surface area (Å²) in [6.07, 6.45) is 1.78. The van der Waals surface area contributed by atoms with Crippen LogP contribution in [0.3, 0.4) is 0 Å². The number of aryl methyl sites for hydroxylation is 1. The van der Waals surface area contributed by atoms with Crippen LogP contribution >= 0.6 is 23.2 Å². The Hall–Kier alpha value is -3.08. The summed E-state index contributed by atoms with van der Waals surface area (Å²) in [6, 6.07) is 21.6. The van der Waals surface area contributed by atoms with Gasteiger partial charge in [0.2, 0.25) is 0 Å². The van der Waals surface area contributed by atoms with Gasteiger partial charge in [-0.25, -0.2) is 9.78 Å². The van der Waals surface area contributed by atoms with Gasteiger partial charge in [0.1, 0.15) is 11.6 Å². The van der Waals surface area contributed by atoms with Crippen molar-refractivity contribution in [1.82, 2.24) is 9.55 Å². The Morgan fingerprint density at radius 1 is 0.933 bits per heavy atom. The second kappa shape index (κ2) is 8.74. The highest BCUT2D eigenvalue weighted by molar-refractivity contribution is 6.31. The van der Waals surface area contributed by atoms with Gasteiger partial charge < -0.3 is 9.30 Å². The monoisotopic (exact) mass is 436 g/mol. The first-order chi connectivity index (χ1) is 14.5. The molecule has 0 aliphatic carbocycles. The van der Waals surface area contributed by atoms with Crippen LogP contribution in [0, 0.1) is 0 Å². The number of nitrogens with zero attached hydrogens (tertiary/aromatic N) is 2. The number of halogens is 2. The number of rotatable bonds is 5. The van der Waals surface area contributed by atoms with Crippen LogP contribution < -0.4 is 0 Å². The van der Waals surface area contributed by atoms with Gasteiger partial charge in [0.05, 0.1) is 16.6 Å². The molecule has 0 N–H and O–H groups in total. The lowest BCUT2D eigenvalue weighted by atomic mass is 10.1. The molecular weight excluding hydrogens is 419 g/mol. The second-order valence-electron chi connectivity index (χ2n) is 6.61. The van der Waals surface area contributed by atoms with E-state index in [-0.39, 0.29) is 0 Å². The summed E-state index contributed by atoms with van der Waals surface area (Å²) in [7, 11) is 0. The van der Waals surface area contributed by atoms with Gasteiger partial charge in [-0.2, -0.15) is 0 Å². The Morgan fingerprint density at radius 2 is 1.53 bits per heavy atom. The minimum atomic E-state index is -0.480. The summed E-state index contributed by atoms with van der Waals surface area (Å²) in [5, 5.41) is 1.15. The maximum absolute atomic E-state index is 12.8. The molecule has 4 nitrogen and oxygen atoms in total. The van der Waals surface area contributed by atoms with Crippen LogP contribution in [-0.2, 0) is 11.3 Å². The van der Waals surface area contributed by atoms with Crippen molar-refractivity contribution in [2.24, 2.45) is 0 Å². The van der Waals surface area contributed by atoms with Crippen molar-refractivity contribution in [2.75, 3.05) is 0 Å². The molecule has 0 unspecified atom stereocenters. The molecule has 0 fully saturated rings. The predicted octanol–water partition coefficient (Wildman–Crippen LogP) is 6.72. The van der Waals surface area contributed by atoms with E-state index in [1.54, 1.807) is 42.5 Å². The van der Waals surface area contributed by atoms with Crippen LogP contribution in [0.2, 0.25) is 10.0 Å². The number of esters is 1. The first kappa shape index (κ1) is 20.2. The first-order valence-corrected chi connectivity index (χ1v) is 10.2. The zero-order valence-electron chi connectivity index (χ0n) is 16.2. The predicted molar refractivity (Wildman–Crippen MR) is 122 cm³/mol. The molecule has 4 aromatic rings. The molecule has 1 aromatic heterocycles. The maximum Gasteiger partial charge on any atom is 0.343 e. The molecule has 0 saturated carbocycles. The number of ether oxygens (including phenoxy) is 1. The normalized spacial score (nSPS) is 11.6. The Balaban J connectivity index is 1.78. The van der Waals surface area contributed by atoms with E-state index in [2.05, 4.69) is 4.57 Å². The minimum absolute atomic E-state index is 0.386. The average Bonchev–Trinajstić information content (AvgIpc) is 3.11. The van der Waals surface area contributed by atoms with Crippen LogP contribution in [0.5, 0.6) is 0 Å². The fraction of sp³-hybridized carbons (Fsp3) is 0.0833. The molecule has 30 heavy (non-hydrogen) atoms. The van der Waals surface area contributed by atoms with E-state index >= 15 is 0 Å². The average molecular weight is 437 g/mol. The van der Waals surface area contributed by atoms with Crippen molar-refractivity contribution < 1.29 is 9.53 Å². The Labute approximate surface area is 184 Å². The molecule has 6 heteroatoms. The van der Waals surface area contributed by atoms with E-state index < -0.39 is 5.97 Å². The largest absolute Gasteiger partial charge is 0.422 e. The van der Waals surface area contributed by atoms with Crippen molar-refractivity contribution in [1.29, 1.82) is 0 Å². The summed E-state index contributed by atoms with van der Waals surface area (Å²) in [5.41, 5.74) is 3.02. The molecule has 3 aromatic carbocycles. The number of fused-ring (bicyclic) bond motifs is 1. The fourth-order valence-electron chi connectivity index (χ4n) is 3.18. The van der Waals surface area contributed by atoms with Gasteiger partial charge in [-0.3, -0.25) is 0 Å². The lowest BCUT2D eigenvalue weighted by molar-refractivity contribution is 0.0693. The van der Waals surface area contributed by atoms with E-state index in [4.69, 9.17) is 32.9 Å². The first-order valence-electron chi connectivity index (χ1n) is 9.46. The third-order valence-electron chi connectivity index (χ3n) is 4.67. The smallest absolute Gasteiger partial charge is 0.343 e. The van der Waals surface area contributed by atoms with Crippen molar-refractivity contribution in [3.63, 3.8) is 0 Å². The van der Waals surface area contributed by atoms with Crippen LogP contribution in [0.4, 0.5) is 0 Å². The minimum Gasteiger partial charge on any atom is -0.422 e. The number of hydrogen-bond donors (Lipinski definition) is 0. The third-order valence-corrected chi connectivity index (χ3v) is 5.18. The molecule has 4 rings (SSSR count). The molecule has 0 spiro atoms. The van der Waals surface area contributed by atoms with E-state index in [0.29, 0.717) is 27.2 Å². The molecule has 150 valence electrons. The number of carbonyl (C=O) groups is 1. The Bertz CT molecular complexity index is 1230. The van der Waals surface area contributed by atoms with Gasteiger partial charge >= 0.3 is 5.97 Å². The summed E-state index contributed by atoms with van der Waals surface area (Å²) in [4.78, 5) is 17.5. The quantitative estimate of drug-likeness (QED) is 0.257. The highest BCUT2D eigenvalue weighted by Crippen LogP contribution is 2.25. The zero-order chi connectivity index (χ0) is 21.1. The Morgan fingerprint density at radius 3 is 2.17 bits per heavy atom. The van der Waals surface area contributed by atoms with E-state index in [1.807, 2.05) is 43.3 Å². The summed E-state index contributed by atoms with van der Waals surface area (Å²) < 4.78 is 7.86. The molecule has 0 atom stereocenters. The van der Waals surface area contributed by atoms with Gasteiger partial charge in [0.25, 0.3) is 0 Å². The lowest BCUT2D eigenvalue weighted by Gasteiger charge is -2.11. The molecule has 0 aliphatic rings. The maximum atomic E-state index is 12.8. The van der Waals surface area contributed by atoms with Crippen LogP contribution in [0.1, 0.15) is 28.7 Å². The molecule has 1 heterocycles. The van der Waals surface area contributed by atoms with Gasteiger partial charge in [-0.1, -0.05) is 35.3 Å². The molecule has 0 bridgehead atoms. The Kier molecular flexibility index (Phi) is 5.88. The van der Waals surface area contributed by atoms with Crippen molar-refractivity contribution >= 4 is 52.0 Å². The number of benzene rings is 3.